The van der Waals surface area contributed by atoms with Crippen LogP contribution in [0, 0.1) is 5.92 Å². The molecule has 1 aliphatic heterocycles. The Labute approximate surface area is 177 Å². The molecule has 2 atom stereocenters. The SMILES string of the molecule is O=C(c1cn(Cc2ccccc2)nc1-c1cccnc1)N1CCCC2CCCCC21. The normalized spacial score (nSPS) is 21.3. The van der Waals surface area contributed by atoms with Crippen molar-refractivity contribution in [2.75, 3.05) is 6.54 Å². The maximum Gasteiger partial charge on any atom is 0.257 e. The first-order valence-corrected chi connectivity index (χ1v) is 11.1. The van der Waals surface area contributed by atoms with Crippen molar-refractivity contribution >= 4 is 5.91 Å². The number of nitrogens with zero attached hydrogens (tertiary/aromatic N) is 4. The van der Waals surface area contributed by atoms with Crippen LogP contribution in [-0.4, -0.2) is 38.2 Å². The van der Waals surface area contributed by atoms with Crippen molar-refractivity contribution in [2.45, 2.75) is 51.1 Å². The van der Waals surface area contributed by atoms with Gasteiger partial charge in [0.2, 0.25) is 0 Å². The first kappa shape index (κ1) is 19.0. The van der Waals surface area contributed by atoms with Gasteiger partial charge in [-0.3, -0.25) is 14.5 Å². The van der Waals surface area contributed by atoms with Gasteiger partial charge in [-0.15, -0.1) is 0 Å². The molecule has 5 rings (SSSR count). The zero-order valence-corrected chi connectivity index (χ0v) is 17.3. The summed E-state index contributed by atoms with van der Waals surface area (Å²) in [5.74, 6) is 0.794. The van der Waals surface area contributed by atoms with Gasteiger partial charge in [-0.1, -0.05) is 43.2 Å². The van der Waals surface area contributed by atoms with E-state index in [9.17, 15) is 4.79 Å². The van der Waals surface area contributed by atoms with Crippen molar-refractivity contribution in [3.05, 3.63) is 72.2 Å². The fourth-order valence-electron chi connectivity index (χ4n) is 5.18. The van der Waals surface area contributed by atoms with Gasteiger partial charge < -0.3 is 4.90 Å². The van der Waals surface area contributed by atoms with Gasteiger partial charge in [0, 0.05) is 36.7 Å². The number of amides is 1. The summed E-state index contributed by atoms with van der Waals surface area (Å²) in [5.41, 5.74) is 3.50. The van der Waals surface area contributed by atoms with Gasteiger partial charge in [0.25, 0.3) is 5.91 Å². The molecule has 0 radical (unpaired) electrons. The van der Waals surface area contributed by atoms with E-state index in [1.807, 2.05) is 41.2 Å². The highest BCUT2D eigenvalue weighted by atomic mass is 16.2. The van der Waals surface area contributed by atoms with Crippen LogP contribution >= 0.6 is 0 Å². The van der Waals surface area contributed by atoms with E-state index in [0.29, 0.717) is 24.1 Å². The van der Waals surface area contributed by atoms with Crippen LogP contribution in [0.25, 0.3) is 11.3 Å². The number of hydrogen-bond donors (Lipinski definition) is 0. The smallest absolute Gasteiger partial charge is 0.257 e. The van der Waals surface area contributed by atoms with Gasteiger partial charge in [0.1, 0.15) is 5.69 Å². The minimum atomic E-state index is 0.129. The van der Waals surface area contributed by atoms with Gasteiger partial charge >= 0.3 is 0 Å². The van der Waals surface area contributed by atoms with Crippen molar-refractivity contribution in [3.8, 4) is 11.3 Å². The second kappa shape index (κ2) is 8.42. The van der Waals surface area contributed by atoms with Crippen LogP contribution in [0.5, 0.6) is 0 Å². The fraction of sp³-hybridized carbons (Fsp3) is 0.400. The Morgan fingerprint density at radius 3 is 2.67 bits per heavy atom. The third-order valence-electron chi connectivity index (χ3n) is 6.62. The lowest BCUT2D eigenvalue weighted by molar-refractivity contribution is 0.0391. The lowest BCUT2D eigenvalue weighted by Crippen LogP contribution is -2.49. The average Bonchev–Trinajstić information content (AvgIpc) is 3.23. The van der Waals surface area contributed by atoms with E-state index in [1.165, 1.54) is 31.2 Å². The van der Waals surface area contributed by atoms with Crippen LogP contribution in [-0.2, 0) is 6.54 Å². The summed E-state index contributed by atoms with van der Waals surface area (Å²) < 4.78 is 1.90. The number of carbonyl (C=O) groups excluding carboxylic acids is 1. The number of carbonyl (C=O) groups is 1. The topological polar surface area (TPSA) is 51.0 Å². The molecule has 154 valence electrons. The quantitative estimate of drug-likeness (QED) is 0.633. The van der Waals surface area contributed by atoms with Crippen molar-refractivity contribution in [2.24, 2.45) is 5.92 Å². The van der Waals surface area contributed by atoms with Crippen LogP contribution in [0.15, 0.2) is 61.1 Å². The standard InChI is InChI=1S/C25H28N4O/c30-25(29-15-7-12-20-10-4-5-13-23(20)29)22-18-28(17-19-8-2-1-3-9-19)27-24(22)21-11-6-14-26-16-21/h1-3,6,8-9,11,14,16,18,20,23H,4-5,7,10,12-13,15,17H2. The van der Waals surface area contributed by atoms with Gasteiger partial charge in [0.05, 0.1) is 12.1 Å². The van der Waals surface area contributed by atoms with Gasteiger partial charge in [0.15, 0.2) is 0 Å². The predicted octanol–water partition coefficient (Wildman–Crippen LogP) is 4.79. The summed E-state index contributed by atoms with van der Waals surface area (Å²) in [5, 5.41) is 4.82. The highest BCUT2D eigenvalue weighted by Gasteiger charge is 2.37. The highest BCUT2D eigenvalue weighted by Crippen LogP contribution is 2.36. The minimum absolute atomic E-state index is 0.129. The van der Waals surface area contributed by atoms with E-state index in [-0.39, 0.29) is 5.91 Å². The number of hydrogen-bond acceptors (Lipinski definition) is 3. The molecule has 2 fully saturated rings. The maximum atomic E-state index is 13.8. The van der Waals surface area contributed by atoms with Crippen molar-refractivity contribution < 1.29 is 4.79 Å². The number of piperidine rings is 1. The summed E-state index contributed by atoms with van der Waals surface area (Å²) in [6, 6.07) is 14.5. The number of likely N-dealkylation sites (tertiary alicyclic amines) is 1. The Morgan fingerprint density at radius 2 is 1.83 bits per heavy atom. The maximum absolute atomic E-state index is 13.8. The first-order valence-electron chi connectivity index (χ1n) is 11.1. The molecule has 3 heterocycles. The summed E-state index contributed by atoms with van der Waals surface area (Å²) >= 11 is 0. The van der Waals surface area contributed by atoms with Gasteiger partial charge in [-0.05, 0) is 49.3 Å². The number of pyridine rings is 1. The summed E-state index contributed by atoms with van der Waals surface area (Å²) in [6.45, 7) is 1.50. The van der Waals surface area contributed by atoms with E-state index in [4.69, 9.17) is 5.10 Å². The van der Waals surface area contributed by atoms with E-state index in [2.05, 4.69) is 22.0 Å². The van der Waals surface area contributed by atoms with E-state index >= 15 is 0 Å². The summed E-state index contributed by atoms with van der Waals surface area (Å²) in [6.07, 6.45) is 12.8. The molecule has 1 saturated heterocycles. The molecule has 0 bridgehead atoms. The molecule has 2 aromatic heterocycles. The third kappa shape index (κ3) is 3.76. The molecule has 5 nitrogen and oxygen atoms in total. The van der Waals surface area contributed by atoms with Crippen molar-refractivity contribution in [1.82, 2.24) is 19.7 Å². The van der Waals surface area contributed by atoms with Gasteiger partial charge in [-0.25, -0.2) is 0 Å². The van der Waals surface area contributed by atoms with Crippen molar-refractivity contribution in [3.63, 3.8) is 0 Å². The number of rotatable bonds is 4. The van der Waals surface area contributed by atoms with Crippen LogP contribution < -0.4 is 0 Å². The minimum Gasteiger partial charge on any atom is -0.335 e. The molecule has 2 unspecified atom stereocenters. The Hall–Kier alpha value is -2.95. The molecule has 1 aliphatic carbocycles. The molecule has 0 spiro atoms. The molecule has 3 aromatic rings. The first-order chi connectivity index (χ1) is 14.8. The number of fused-ring (bicyclic) bond motifs is 1. The van der Waals surface area contributed by atoms with Crippen LogP contribution in [0.3, 0.4) is 0 Å². The third-order valence-corrected chi connectivity index (χ3v) is 6.62. The lowest BCUT2D eigenvalue weighted by Gasteiger charge is -2.44. The summed E-state index contributed by atoms with van der Waals surface area (Å²) in [4.78, 5) is 20.2. The Balaban J connectivity index is 1.50. The zero-order chi connectivity index (χ0) is 20.3. The molecular weight excluding hydrogens is 372 g/mol. The second-order valence-electron chi connectivity index (χ2n) is 8.57. The summed E-state index contributed by atoms with van der Waals surface area (Å²) in [7, 11) is 0. The molecule has 0 N–H and O–H groups in total. The zero-order valence-electron chi connectivity index (χ0n) is 17.3. The molecular formula is C25H28N4O. The lowest BCUT2D eigenvalue weighted by atomic mass is 9.78. The Bertz CT molecular complexity index is 997. The number of benzene rings is 1. The van der Waals surface area contributed by atoms with Crippen LogP contribution in [0.2, 0.25) is 0 Å². The molecule has 1 saturated carbocycles. The molecule has 1 amide bonds. The molecule has 5 heteroatoms. The fourth-order valence-corrected chi connectivity index (χ4v) is 5.18. The van der Waals surface area contributed by atoms with E-state index < -0.39 is 0 Å². The average molecular weight is 401 g/mol. The van der Waals surface area contributed by atoms with E-state index in [0.717, 1.165) is 30.6 Å². The van der Waals surface area contributed by atoms with Gasteiger partial charge in [-0.2, -0.15) is 5.10 Å². The second-order valence-corrected chi connectivity index (χ2v) is 8.57. The molecule has 1 aromatic carbocycles. The Kier molecular flexibility index (Phi) is 5.35. The van der Waals surface area contributed by atoms with E-state index in [1.54, 1.807) is 12.4 Å². The van der Waals surface area contributed by atoms with Crippen molar-refractivity contribution in [1.29, 1.82) is 0 Å². The molecule has 30 heavy (non-hydrogen) atoms. The van der Waals surface area contributed by atoms with Crippen LogP contribution in [0.1, 0.15) is 54.4 Å². The largest absolute Gasteiger partial charge is 0.335 e. The highest BCUT2D eigenvalue weighted by molar-refractivity contribution is 6.00. The number of aromatic nitrogens is 3. The van der Waals surface area contributed by atoms with Crippen LogP contribution in [0.4, 0.5) is 0 Å². The predicted molar refractivity (Wildman–Crippen MR) is 117 cm³/mol. The molecule has 2 aliphatic rings. The monoisotopic (exact) mass is 400 g/mol. The Morgan fingerprint density at radius 1 is 1.00 bits per heavy atom.